The summed E-state index contributed by atoms with van der Waals surface area (Å²) in [6, 6.07) is 2.93. The molecule has 0 bridgehead atoms. The molecular weight excluding hydrogens is 310 g/mol. The lowest BCUT2D eigenvalue weighted by Gasteiger charge is -2.43. The van der Waals surface area contributed by atoms with Gasteiger partial charge in [0.05, 0.1) is 43.5 Å². The molecule has 2 atom stereocenters. The van der Waals surface area contributed by atoms with Gasteiger partial charge in [0.15, 0.2) is 11.8 Å². The Balaban J connectivity index is 2.13. The number of ether oxygens (including phenoxy) is 1. The second-order valence-electron chi connectivity index (χ2n) is 7.74. The Morgan fingerprint density at radius 1 is 1.00 bits per heavy atom. The third-order valence-electron chi connectivity index (χ3n) is 5.57. The standard InChI is InChI=1S/C17H29N3O4/c1-16(2)14(18-8-10-24-11-9-18)15(17(3,4)20(16)23-5)19-12(21)6-7-13(19)22/h6-7,14-15,21-22H,8-11H2,1-5H3. The number of aromatic hydroxyl groups is 2. The highest BCUT2D eigenvalue weighted by Crippen LogP contribution is 2.52. The van der Waals surface area contributed by atoms with Crippen LogP contribution in [0.1, 0.15) is 33.7 Å². The Bertz CT molecular complexity index is 573. The average molecular weight is 339 g/mol. The van der Waals surface area contributed by atoms with Gasteiger partial charge in [0, 0.05) is 25.2 Å². The first-order chi connectivity index (χ1) is 11.2. The van der Waals surface area contributed by atoms with Gasteiger partial charge in [-0.1, -0.05) is 0 Å². The lowest BCUT2D eigenvalue weighted by atomic mass is 9.87. The molecule has 2 saturated heterocycles. The number of rotatable bonds is 3. The predicted molar refractivity (Wildman–Crippen MR) is 90.0 cm³/mol. The van der Waals surface area contributed by atoms with Gasteiger partial charge >= 0.3 is 0 Å². The third kappa shape index (κ3) is 2.42. The first kappa shape index (κ1) is 17.5. The average Bonchev–Trinajstić information content (AvgIpc) is 2.91. The molecule has 2 unspecified atom stereocenters. The Morgan fingerprint density at radius 2 is 1.50 bits per heavy atom. The molecular formula is C17H29N3O4. The number of hydrogen-bond donors (Lipinski definition) is 2. The molecule has 2 N–H and O–H groups in total. The van der Waals surface area contributed by atoms with E-state index in [2.05, 4.69) is 32.6 Å². The van der Waals surface area contributed by atoms with Crippen LogP contribution in [-0.4, -0.2) is 75.3 Å². The minimum atomic E-state index is -0.435. The first-order valence-corrected chi connectivity index (χ1v) is 8.48. The van der Waals surface area contributed by atoms with Gasteiger partial charge in [0.1, 0.15) is 0 Å². The van der Waals surface area contributed by atoms with Gasteiger partial charge < -0.3 is 19.8 Å². The summed E-state index contributed by atoms with van der Waals surface area (Å²) >= 11 is 0. The Labute approximate surface area is 143 Å². The topological polar surface area (TPSA) is 70.3 Å². The van der Waals surface area contributed by atoms with Crippen LogP contribution in [0.5, 0.6) is 11.8 Å². The van der Waals surface area contributed by atoms with Crippen LogP contribution in [0.15, 0.2) is 12.1 Å². The van der Waals surface area contributed by atoms with Crippen molar-refractivity contribution in [1.82, 2.24) is 14.5 Å². The molecule has 7 nitrogen and oxygen atoms in total. The summed E-state index contributed by atoms with van der Waals surface area (Å²) in [7, 11) is 1.68. The fourth-order valence-corrected chi connectivity index (χ4v) is 4.90. The van der Waals surface area contributed by atoms with E-state index < -0.39 is 5.54 Å². The van der Waals surface area contributed by atoms with Crippen LogP contribution in [-0.2, 0) is 9.57 Å². The fraction of sp³-hybridized carbons (Fsp3) is 0.765. The second kappa shape index (κ2) is 5.91. The van der Waals surface area contributed by atoms with Crippen molar-refractivity contribution in [3.8, 4) is 11.8 Å². The normalized spacial score (nSPS) is 30.7. The highest BCUT2D eigenvalue weighted by Gasteiger charge is 2.62. The highest BCUT2D eigenvalue weighted by atomic mass is 16.7. The van der Waals surface area contributed by atoms with E-state index in [1.807, 2.05) is 5.06 Å². The zero-order valence-corrected chi connectivity index (χ0v) is 15.2. The van der Waals surface area contributed by atoms with Crippen LogP contribution in [0.4, 0.5) is 0 Å². The van der Waals surface area contributed by atoms with Crippen molar-refractivity contribution in [1.29, 1.82) is 0 Å². The first-order valence-electron chi connectivity index (χ1n) is 8.48. The van der Waals surface area contributed by atoms with E-state index in [-0.39, 0.29) is 29.4 Å². The molecule has 0 spiro atoms. The van der Waals surface area contributed by atoms with Crippen LogP contribution in [0.25, 0.3) is 0 Å². The van der Waals surface area contributed by atoms with Gasteiger partial charge in [-0.15, -0.1) is 0 Å². The van der Waals surface area contributed by atoms with E-state index in [0.29, 0.717) is 13.2 Å². The molecule has 136 valence electrons. The Kier molecular flexibility index (Phi) is 4.32. The summed E-state index contributed by atoms with van der Waals surface area (Å²) in [5.74, 6) is 0.134. The molecule has 2 fully saturated rings. The number of nitrogens with zero attached hydrogens (tertiary/aromatic N) is 3. The molecule has 2 aliphatic rings. The summed E-state index contributed by atoms with van der Waals surface area (Å²) in [5.41, 5.74) is -0.751. The van der Waals surface area contributed by atoms with Crippen LogP contribution >= 0.6 is 0 Å². The summed E-state index contributed by atoms with van der Waals surface area (Å²) in [6.45, 7) is 11.5. The fourth-order valence-electron chi connectivity index (χ4n) is 4.90. The van der Waals surface area contributed by atoms with Crippen molar-refractivity contribution in [2.45, 2.75) is 50.9 Å². The van der Waals surface area contributed by atoms with Crippen molar-refractivity contribution in [2.24, 2.45) is 0 Å². The van der Waals surface area contributed by atoms with Gasteiger partial charge in [-0.05, 0) is 27.7 Å². The molecule has 0 aliphatic carbocycles. The third-order valence-corrected chi connectivity index (χ3v) is 5.57. The zero-order valence-electron chi connectivity index (χ0n) is 15.2. The molecule has 1 aromatic rings. The summed E-state index contributed by atoms with van der Waals surface area (Å²) in [5, 5.41) is 22.7. The van der Waals surface area contributed by atoms with Crippen molar-refractivity contribution in [3.05, 3.63) is 12.1 Å². The molecule has 0 saturated carbocycles. The van der Waals surface area contributed by atoms with Gasteiger partial charge in [-0.3, -0.25) is 9.47 Å². The monoisotopic (exact) mass is 339 g/mol. The molecule has 24 heavy (non-hydrogen) atoms. The quantitative estimate of drug-likeness (QED) is 0.871. The number of aromatic nitrogens is 1. The maximum Gasteiger partial charge on any atom is 0.194 e. The van der Waals surface area contributed by atoms with E-state index in [0.717, 1.165) is 13.1 Å². The summed E-state index contributed by atoms with van der Waals surface area (Å²) in [6.07, 6.45) is 0. The smallest absolute Gasteiger partial charge is 0.194 e. The predicted octanol–water partition coefficient (Wildman–Crippen LogP) is 1.58. The van der Waals surface area contributed by atoms with Gasteiger partial charge in [0.25, 0.3) is 0 Å². The Hall–Kier alpha value is -1.28. The molecule has 7 heteroatoms. The van der Waals surface area contributed by atoms with Crippen molar-refractivity contribution >= 4 is 0 Å². The molecule has 3 heterocycles. The van der Waals surface area contributed by atoms with E-state index in [1.165, 1.54) is 12.1 Å². The van der Waals surface area contributed by atoms with Gasteiger partial charge in [-0.25, -0.2) is 0 Å². The number of hydrogen-bond acceptors (Lipinski definition) is 6. The molecule has 0 aromatic carbocycles. The zero-order chi connectivity index (χ0) is 17.7. The highest BCUT2D eigenvalue weighted by molar-refractivity contribution is 5.29. The number of hydroxylamine groups is 2. The summed E-state index contributed by atoms with van der Waals surface area (Å²) < 4.78 is 7.14. The lowest BCUT2D eigenvalue weighted by molar-refractivity contribution is -0.227. The second-order valence-corrected chi connectivity index (χ2v) is 7.74. The van der Waals surface area contributed by atoms with Crippen LogP contribution in [0, 0.1) is 0 Å². The van der Waals surface area contributed by atoms with E-state index in [4.69, 9.17) is 9.57 Å². The molecule has 1 aromatic heterocycles. The van der Waals surface area contributed by atoms with Crippen molar-refractivity contribution < 1.29 is 19.8 Å². The number of morpholine rings is 1. The summed E-state index contributed by atoms with van der Waals surface area (Å²) in [4.78, 5) is 8.15. The molecule has 3 rings (SSSR count). The van der Waals surface area contributed by atoms with Crippen LogP contribution in [0.3, 0.4) is 0 Å². The van der Waals surface area contributed by atoms with Crippen LogP contribution in [0.2, 0.25) is 0 Å². The van der Waals surface area contributed by atoms with Crippen LogP contribution < -0.4 is 0 Å². The lowest BCUT2D eigenvalue weighted by Crippen LogP contribution is -2.56. The molecule has 0 radical (unpaired) electrons. The largest absolute Gasteiger partial charge is 0.494 e. The van der Waals surface area contributed by atoms with E-state index in [1.54, 1.807) is 11.7 Å². The van der Waals surface area contributed by atoms with Crippen molar-refractivity contribution in [3.63, 3.8) is 0 Å². The molecule has 2 aliphatic heterocycles. The Morgan fingerprint density at radius 3 is 2.00 bits per heavy atom. The maximum atomic E-state index is 10.4. The SMILES string of the molecule is CON1C(C)(C)C(N2CCOCC2)C(n2c(O)ccc2O)C1(C)C. The molecule has 0 amide bonds. The van der Waals surface area contributed by atoms with E-state index in [9.17, 15) is 10.2 Å². The minimum absolute atomic E-state index is 0.0422. The van der Waals surface area contributed by atoms with E-state index >= 15 is 0 Å². The minimum Gasteiger partial charge on any atom is -0.494 e. The van der Waals surface area contributed by atoms with Crippen molar-refractivity contribution in [2.75, 3.05) is 33.4 Å². The maximum absolute atomic E-state index is 10.4. The van der Waals surface area contributed by atoms with Gasteiger partial charge in [-0.2, -0.15) is 5.06 Å². The van der Waals surface area contributed by atoms with Gasteiger partial charge in [0.2, 0.25) is 0 Å².